The summed E-state index contributed by atoms with van der Waals surface area (Å²) in [5, 5.41) is 7.28. The van der Waals surface area contributed by atoms with Crippen LogP contribution in [0.15, 0.2) is 39.6 Å². The number of hydrogen-bond acceptors (Lipinski definition) is 6. The minimum atomic E-state index is -0.193. The summed E-state index contributed by atoms with van der Waals surface area (Å²) in [7, 11) is 0. The fourth-order valence-corrected chi connectivity index (χ4v) is 2.96. The molecule has 3 heterocycles. The van der Waals surface area contributed by atoms with Gasteiger partial charge >= 0.3 is 0 Å². The van der Waals surface area contributed by atoms with E-state index in [9.17, 15) is 4.79 Å². The van der Waals surface area contributed by atoms with Crippen LogP contribution in [-0.4, -0.2) is 28.3 Å². The maximum Gasteiger partial charge on any atom is 0.259 e. The van der Waals surface area contributed by atoms with Crippen LogP contribution in [0.4, 0.5) is 0 Å². The summed E-state index contributed by atoms with van der Waals surface area (Å²) < 4.78 is 10.9. The summed E-state index contributed by atoms with van der Waals surface area (Å²) >= 11 is 0. The van der Waals surface area contributed by atoms with Crippen LogP contribution < -0.4 is 15.6 Å². The second-order valence-electron chi connectivity index (χ2n) is 6.24. The third-order valence-electron chi connectivity index (χ3n) is 4.32. The molecule has 1 aliphatic rings. The Balaban J connectivity index is 0.00000210. The topological polar surface area (TPSA) is 93.0 Å². The predicted octanol–water partition coefficient (Wildman–Crippen LogP) is 2.95. The summed E-state index contributed by atoms with van der Waals surface area (Å²) in [6.45, 7) is 4.34. The third kappa shape index (κ3) is 4.04. The maximum absolute atomic E-state index is 12.4. The van der Waals surface area contributed by atoms with Gasteiger partial charge in [0.25, 0.3) is 11.4 Å². The molecule has 0 unspecified atom stereocenters. The molecule has 0 amide bonds. The molecular weight excluding hydrogens is 368 g/mol. The number of aromatic amines is 1. The lowest BCUT2D eigenvalue weighted by Gasteiger charge is -2.16. The maximum atomic E-state index is 12.4. The predicted molar refractivity (Wildman–Crippen MR) is 104 cm³/mol. The van der Waals surface area contributed by atoms with E-state index in [1.807, 2.05) is 30.3 Å². The van der Waals surface area contributed by atoms with Gasteiger partial charge in [-0.1, -0.05) is 12.1 Å². The Morgan fingerprint density at radius 1 is 1.26 bits per heavy atom. The molecule has 8 heteroatoms. The second kappa shape index (κ2) is 8.37. The number of aromatic nitrogens is 3. The molecule has 27 heavy (non-hydrogen) atoms. The first kappa shape index (κ1) is 19.1. The van der Waals surface area contributed by atoms with Gasteiger partial charge in [0.15, 0.2) is 0 Å². The quantitative estimate of drug-likeness (QED) is 0.698. The summed E-state index contributed by atoms with van der Waals surface area (Å²) in [4.78, 5) is 19.7. The molecule has 3 aromatic rings. The normalized spacial score (nSPS) is 12.9. The monoisotopic (exact) mass is 388 g/mol. The number of nitrogens with zero attached hydrogens (tertiary/aromatic N) is 2. The van der Waals surface area contributed by atoms with Crippen molar-refractivity contribution in [1.82, 2.24) is 20.4 Å². The standard InChI is InChI=1S/C19H20N4O3.ClH/c1-2-9-25-14-5-3-12(4-6-14)19-22-17(23-26-19)15-10-13-11-20-8-7-16(13)21-18(15)24;/h3-6,10,20H,2,7-9,11H2,1H3,(H,21,24);1H. The number of fused-ring (bicyclic) bond motifs is 1. The lowest BCUT2D eigenvalue weighted by atomic mass is 10.0. The fourth-order valence-electron chi connectivity index (χ4n) is 2.96. The highest BCUT2D eigenvalue weighted by molar-refractivity contribution is 5.85. The van der Waals surface area contributed by atoms with Crippen LogP contribution in [0, 0.1) is 0 Å². The van der Waals surface area contributed by atoms with Gasteiger partial charge in [0.1, 0.15) is 5.75 Å². The highest BCUT2D eigenvalue weighted by Gasteiger charge is 2.17. The van der Waals surface area contributed by atoms with E-state index in [0.717, 1.165) is 48.5 Å². The van der Waals surface area contributed by atoms with Crippen LogP contribution in [0.1, 0.15) is 24.6 Å². The van der Waals surface area contributed by atoms with E-state index in [4.69, 9.17) is 9.26 Å². The number of H-pyrrole nitrogens is 1. The highest BCUT2D eigenvalue weighted by Crippen LogP contribution is 2.24. The smallest absolute Gasteiger partial charge is 0.259 e. The Morgan fingerprint density at radius 2 is 2.07 bits per heavy atom. The first-order valence-corrected chi connectivity index (χ1v) is 8.77. The zero-order chi connectivity index (χ0) is 17.9. The van der Waals surface area contributed by atoms with Crippen molar-refractivity contribution in [3.63, 3.8) is 0 Å². The van der Waals surface area contributed by atoms with Gasteiger partial charge < -0.3 is 19.6 Å². The average molecular weight is 389 g/mol. The molecule has 1 aliphatic heterocycles. The second-order valence-corrected chi connectivity index (χ2v) is 6.24. The number of halogens is 1. The highest BCUT2D eigenvalue weighted by atomic mass is 35.5. The zero-order valence-electron chi connectivity index (χ0n) is 14.9. The van der Waals surface area contributed by atoms with E-state index in [-0.39, 0.29) is 18.0 Å². The summed E-state index contributed by atoms with van der Waals surface area (Å²) in [6.07, 6.45) is 1.77. The summed E-state index contributed by atoms with van der Waals surface area (Å²) in [5.74, 6) is 1.46. The van der Waals surface area contributed by atoms with Crippen LogP contribution in [0.2, 0.25) is 0 Å². The van der Waals surface area contributed by atoms with Gasteiger partial charge in [-0.25, -0.2) is 0 Å². The van der Waals surface area contributed by atoms with Crippen LogP contribution >= 0.6 is 12.4 Å². The molecule has 0 saturated heterocycles. The van der Waals surface area contributed by atoms with E-state index >= 15 is 0 Å². The first-order valence-electron chi connectivity index (χ1n) is 8.77. The molecule has 0 spiro atoms. The van der Waals surface area contributed by atoms with Gasteiger partial charge in [-0.05, 0) is 42.3 Å². The molecule has 2 aromatic heterocycles. The molecule has 0 saturated carbocycles. The molecule has 4 rings (SSSR count). The molecule has 0 aliphatic carbocycles. The van der Waals surface area contributed by atoms with E-state index in [2.05, 4.69) is 27.4 Å². The minimum absolute atomic E-state index is 0. The van der Waals surface area contributed by atoms with E-state index in [1.54, 1.807) is 0 Å². The van der Waals surface area contributed by atoms with Crippen molar-refractivity contribution >= 4 is 12.4 Å². The first-order chi connectivity index (χ1) is 12.7. The lowest BCUT2D eigenvalue weighted by Crippen LogP contribution is -2.27. The Hall–Kier alpha value is -2.64. The molecule has 0 fully saturated rings. The van der Waals surface area contributed by atoms with Gasteiger partial charge in [0.05, 0.1) is 12.2 Å². The summed E-state index contributed by atoms with van der Waals surface area (Å²) in [5.41, 5.74) is 3.05. The van der Waals surface area contributed by atoms with Crippen molar-refractivity contribution < 1.29 is 9.26 Å². The molecule has 0 bridgehead atoms. The van der Waals surface area contributed by atoms with Crippen LogP contribution in [0.3, 0.4) is 0 Å². The minimum Gasteiger partial charge on any atom is -0.494 e. The van der Waals surface area contributed by atoms with E-state index in [0.29, 0.717) is 23.9 Å². The van der Waals surface area contributed by atoms with Gasteiger partial charge in [-0.3, -0.25) is 4.79 Å². The van der Waals surface area contributed by atoms with Crippen molar-refractivity contribution in [3.8, 4) is 28.6 Å². The lowest BCUT2D eigenvalue weighted by molar-refractivity contribution is 0.317. The Morgan fingerprint density at radius 3 is 2.85 bits per heavy atom. The number of ether oxygens (including phenoxy) is 1. The molecule has 7 nitrogen and oxygen atoms in total. The number of benzene rings is 1. The van der Waals surface area contributed by atoms with Gasteiger partial charge in [0.2, 0.25) is 5.82 Å². The van der Waals surface area contributed by atoms with Crippen molar-refractivity contribution in [3.05, 3.63) is 51.9 Å². The van der Waals surface area contributed by atoms with Crippen molar-refractivity contribution in [1.29, 1.82) is 0 Å². The average Bonchev–Trinajstić information content (AvgIpc) is 3.16. The molecule has 1 aromatic carbocycles. The van der Waals surface area contributed by atoms with E-state index in [1.165, 1.54) is 0 Å². The Labute approximate surface area is 162 Å². The van der Waals surface area contributed by atoms with Crippen LogP contribution in [0.25, 0.3) is 22.8 Å². The number of hydrogen-bond donors (Lipinski definition) is 2. The van der Waals surface area contributed by atoms with Crippen LogP contribution in [-0.2, 0) is 13.0 Å². The van der Waals surface area contributed by atoms with Crippen molar-refractivity contribution in [2.24, 2.45) is 0 Å². The molecule has 2 N–H and O–H groups in total. The van der Waals surface area contributed by atoms with Gasteiger partial charge in [-0.15, -0.1) is 12.4 Å². The molecule has 0 atom stereocenters. The third-order valence-corrected chi connectivity index (χ3v) is 4.32. The Bertz CT molecular complexity index is 966. The van der Waals surface area contributed by atoms with Crippen molar-refractivity contribution in [2.75, 3.05) is 13.2 Å². The molecule has 0 radical (unpaired) electrons. The molecular formula is C19H21ClN4O3. The van der Waals surface area contributed by atoms with Crippen LogP contribution in [0.5, 0.6) is 5.75 Å². The fraction of sp³-hybridized carbons (Fsp3) is 0.316. The zero-order valence-corrected chi connectivity index (χ0v) is 15.8. The summed E-state index contributed by atoms with van der Waals surface area (Å²) in [6, 6.07) is 9.31. The molecule has 142 valence electrons. The SMILES string of the molecule is CCCOc1ccc(-c2nc(-c3cc4c([nH]c3=O)CCNC4)no2)cc1.Cl. The van der Waals surface area contributed by atoms with Gasteiger partial charge in [-0.2, -0.15) is 4.98 Å². The van der Waals surface area contributed by atoms with Gasteiger partial charge in [0, 0.05) is 30.8 Å². The van der Waals surface area contributed by atoms with E-state index < -0.39 is 0 Å². The number of rotatable bonds is 5. The van der Waals surface area contributed by atoms with Crippen molar-refractivity contribution in [2.45, 2.75) is 26.3 Å². The largest absolute Gasteiger partial charge is 0.494 e. The number of pyridine rings is 1. The number of nitrogens with one attached hydrogen (secondary N) is 2. The Kier molecular flexibility index (Phi) is 5.93.